The normalized spacial score (nSPS) is 29.8. The number of hydrogen-bond acceptors (Lipinski definition) is 7. The molecular weight excluding hydrogens is 518 g/mol. The van der Waals surface area contributed by atoms with Crippen molar-refractivity contribution >= 4 is 39.0 Å². The van der Waals surface area contributed by atoms with Crippen molar-refractivity contribution in [3.05, 3.63) is 75.9 Å². The molecule has 2 fully saturated rings. The fourth-order valence-corrected chi connectivity index (χ4v) is 8.73. The Morgan fingerprint density at radius 3 is 2.59 bits per heavy atom. The highest BCUT2D eigenvalue weighted by atomic mass is 35.5. The molecule has 196 valence electrons. The third kappa shape index (κ3) is 3.76. The van der Waals surface area contributed by atoms with Crippen LogP contribution in [-0.4, -0.2) is 55.2 Å². The van der Waals surface area contributed by atoms with Crippen molar-refractivity contribution < 1.29 is 22.9 Å². The number of esters is 1. The Hall–Kier alpha value is -2.95. The molecule has 2 aliphatic heterocycles. The van der Waals surface area contributed by atoms with Gasteiger partial charge in [-0.25, -0.2) is 8.42 Å². The van der Waals surface area contributed by atoms with Crippen LogP contribution in [0.3, 0.4) is 0 Å². The summed E-state index contributed by atoms with van der Waals surface area (Å²) in [5.74, 6) is -0.815. The van der Waals surface area contributed by atoms with Crippen molar-refractivity contribution in [3.63, 3.8) is 0 Å². The molecule has 2 bridgehead atoms. The quantitative estimate of drug-likeness (QED) is 0.191. The molecule has 9 nitrogen and oxygen atoms in total. The van der Waals surface area contributed by atoms with E-state index in [1.54, 1.807) is 0 Å². The molecule has 37 heavy (non-hydrogen) atoms. The number of nitrogens with one attached hydrogen (secondary N) is 1. The van der Waals surface area contributed by atoms with Crippen molar-refractivity contribution in [2.45, 2.75) is 42.2 Å². The largest absolute Gasteiger partial charge is 0.469 e. The van der Waals surface area contributed by atoms with E-state index in [-0.39, 0.29) is 34.9 Å². The van der Waals surface area contributed by atoms with Gasteiger partial charge >= 0.3 is 5.97 Å². The number of carbonyl (C=O) groups excluding carboxylic acids is 1. The number of sulfonamides is 1. The number of ether oxygens (including phenoxy) is 1. The second-order valence-corrected chi connectivity index (χ2v) is 12.0. The van der Waals surface area contributed by atoms with Gasteiger partial charge in [-0.3, -0.25) is 14.9 Å². The van der Waals surface area contributed by atoms with Gasteiger partial charge in [0.2, 0.25) is 10.0 Å². The summed E-state index contributed by atoms with van der Waals surface area (Å²) in [6.45, 7) is 1.96. The molecule has 0 aromatic heterocycles. The van der Waals surface area contributed by atoms with E-state index >= 15 is 0 Å². The maximum Gasteiger partial charge on any atom is 0.310 e. The van der Waals surface area contributed by atoms with Gasteiger partial charge in [0, 0.05) is 41.7 Å². The maximum atomic E-state index is 14.0. The number of alkyl halides is 1. The maximum absolute atomic E-state index is 14.0. The zero-order valence-electron chi connectivity index (χ0n) is 20.5. The van der Waals surface area contributed by atoms with Crippen LogP contribution < -0.4 is 5.32 Å². The van der Waals surface area contributed by atoms with E-state index in [1.165, 1.54) is 35.7 Å². The summed E-state index contributed by atoms with van der Waals surface area (Å²) in [6, 6.07) is 11.8. The Bertz CT molecular complexity index is 1380. The number of nitrogens with zero attached hydrogens (tertiary/aromatic N) is 2. The second-order valence-electron chi connectivity index (χ2n) is 9.72. The first-order valence-corrected chi connectivity index (χ1v) is 14.1. The molecule has 0 spiro atoms. The number of allylic oxidation sites excluding steroid dienone is 1. The zero-order chi connectivity index (χ0) is 26.5. The van der Waals surface area contributed by atoms with Crippen LogP contribution in [0.1, 0.15) is 25.3 Å². The van der Waals surface area contributed by atoms with Crippen molar-refractivity contribution in [3.8, 4) is 0 Å². The highest BCUT2D eigenvalue weighted by Crippen LogP contribution is 2.60. The monoisotopic (exact) mass is 545 g/mol. The number of fused-ring (bicyclic) bond motifs is 6. The van der Waals surface area contributed by atoms with Crippen LogP contribution in [0, 0.1) is 22.0 Å². The number of carbonyl (C=O) groups is 1. The molecule has 1 aliphatic carbocycles. The number of nitro benzene ring substituents is 1. The van der Waals surface area contributed by atoms with Crippen LogP contribution >= 0.6 is 11.6 Å². The lowest BCUT2D eigenvalue weighted by molar-refractivity contribution is -0.384. The smallest absolute Gasteiger partial charge is 0.310 e. The zero-order valence-corrected chi connectivity index (χ0v) is 22.0. The van der Waals surface area contributed by atoms with Gasteiger partial charge < -0.3 is 10.1 Å². The van der Waals surface area contributed by atoms with Crippen LogP contribution in [-0.2, 0) is 25.0 Å². The lowest BCUT2D eigenvalue weighted by Crippen LogP contribution is -2.68. The van der Waals surface area contributed by atoms with Crippen LogP contribution in [0.15, 0.2) is 65.1 Å². The van der Waals surface area contributed by atoms with Crippen molar-refractivity contribution in [1.29, 1.82) is 0 Å². The summed E-state index contributed by atoms with van der Waals surface area (Å²) in [6.07, 6.45) is 2.78. The van der Waals surface area contributed by atoms with E-state index in [4.69, 9.17) is 16.3 Å². The Morgan fingerprint density at radius 2 is 1.97 bits per heavy atom. The molecule has 0 amide bonds. The highest BCUT2D eigenvalue weighted by molar-refractivity contribution is 7.89. The Balaban J connectivity index is 1.68. The highest BCUT2D eigenvalue weighted by Gasteiger charge is 2.66. The first-order valence-electron chi connectivity index (χ1n) is 12.1. The summed E-state index contributed by atoms with van der Waals surface area (Å²) in [5.41, 5.74) is 1.68. The molecule has 5 atom stereocenters. The van der Waals surface area contributed by atoms with E-state index in [2.05, 4.69) is 5.32 Å². The summed E-state index contributed by atoms with van der Waals surface area (Å²) >= 11 is 6.38. The Morgan fingerprint density at radius 1 is 1.27 bits per heavy atom. The molecule has 2 heterocycles. The van der Waals surface area contributed by atoms with Crippen LogP contribution in [0.2, 0.25) is 0 Å². The minimum atomic E-state index is -4.03. The molecule has 5 rings (SSSR count). The molecule has 0 radical (unpaired) electrons. The third-order valence-electron chi connectivity index (χ3n) is 8.30. The van der Waals surface area contributed by atoms with E-state index in [1.807, 2.05) is 37.3 Å². The van der Waals surface area contributed by atoms with Gasteiger partial charge in [0.15, 0.2) is 0 Å². The van der Waals surface area contributed by atoms with Crippen LogP contribution in [0.5, 0.6) is 0 Å². The molecular formula is C26H28ClN3O6S. The standard InChI is InChI=1S/C26H28ClN3O6S/c1-3-16-15-29(37(34,35)18-10-8-17(9-11-18)30(32)33)22-14-19(16)23(25(31)36-2)26(12-13-27)20-6-4-5-7-21(20)28-24(22)26/h3-11,19,22-24,28H,12-15H2,1-2H3/b16-3-/t19-,22-,23-,24+,26-/m0/s1. The van der Waals surface area contributed by atoms with Crippen molar-refractivity contribution in [1.82, 2.24) is 4.31 Å². The molecule has 1 saturated carbocycles. The van der Waals surface area contributed by atoms with Gasteiger partial charge in [0.05, 0.1) is 28.9 Å². The molecule has 2 aromatic carbocycles. The number of benzene rings is 2. The number of halogens is 1. The van der Waals surface area contributed by atoms with Crippen LogP contribution in [0.4, 0.5) is 11.4 Å². The topological polar surface area (TPSA) is 119 Å². The lowest BCUT2D eigenvalue weighted by atomic mass is 9.52. The average molecular weight is 546 g/mol. The van der Waals surface area contributed by atoms with Gasteiger partial charge in [-0.2, -0.15) is 4.31 Å². The molecule has 3 aliphatic rings. The van der Waals surface area contributed by atoms with E-state index in [0.717, 1.165) is 16.8 Å². The number of piperidine rings is 1. The lowest BCUT2D eigenvalue weighted by Gasteiger charge is -2.57. The number of rotatable bonds is 6. The summed E-state index contributed by atoms with van der Waals surface area (Å²) in [5, 5.41) is 14.7. The SMILES string of the molecule is C/C=C1/CN(S(=O)(=O)c2ccc([N+](=O)[O-])cc2)[C@H]2C[C@@H]1[C@@H](C(=O)OC)[C@]1(CCCl)c3ccccc3N[C@H]21. The first-order chi connectivity index (χ1) is 17.7. The summed E-state index contributed by atoms with van der Waals surface area (Å²) < 4.78 is 34.8. The average Bonchev–Trinajstić information content (AvgIpc) is 3.23. The van der Waals surface area contributed by atoms with Gasteiger partial charge in [-0.05, 0) is 49.4 Å². The molecule has 1 N–H and O–H groups in total. The molecule has 11 heteroatoms. The number of nitro groups is 1. The summed E-state index contributed by atoms with van der Waals surface area (Å²) in [7, 11) is -2.64. The van der Waals surface area contributed by atoms with E-state index in [0.29, 0.717) is 12.8 Å². The minimum Gasteiger partial charge on any atom is -0.469 e. The number of hydrogen-bond donors (Lipinski definition) is 1. The van der Waals surface area contributed by atoms with Crippen molar-refractivity contribution in [2.75, 3.05) is 24.9 Å². The van der Waals surface area contributed by atoms with E-state index < -0.39 is 38.4 Å². The van der Waals surface area contributed by atoms with Gasteiger partial charge in [-0.1, -0.05) is 29.8 Å². The summed E-state index contributed by atoms with van der Waals surface area (Å²) in [4.78, 5) is 24.0. The predicted molar refractivity (Wildman–Crippen MR) is 139 cm³/mol. The van der Waals surface area contributed by atoms with Crippen LogP contribution in [0.25, 0.3) is 0 Å². The van der Waals surface area contributed by atoms with Gasteiger partial charge in [0.1, 0.15) is 0 Å². The second kappa shape index (κ2) is 9.41. The minimum absolute atomic E-state index is 0.0134. The predicted octanol–water partition coefficient (Wildman–Crippen LogP) is 4.08. The van der Waals surface area contributed by atoms with Crippen molar-refractivity contribution in [2.24, 2.45) is 11.8 Å². The molecule has 2 aromatic rings. The number of anilines is 1. The number of non-ortho nitro benzene ring substituents is 1. The fraction of sp³-hybridized carbons (Fsp3) is 0.423. The molecule has 1 saturated heterocycles. The number of para-hydroxylation sites is 1. The van der Waals surface area contributed by atoms with Gasteiger partial charge in [0.25, 0.3) is 5.69 Å². The molecule has 0 unspecified atom stereocenters. The van der Waals surface area contributed by atoms with Gasteiger partial charge in [-0.15, -0.1) is 11.6 Å². The fourth-order valence-electron chi connectivity index (χ4n) is 6.78. The van der Waals surface area contributed by atoms with E-state index in [9.17, 15) is 23.3 Å². The Labute approximate surface area is 220 Å². The Kier molecular flexibility index (Phi) is 6.54. The number of methoxy groups -OCH3 is 1. The third-order valence-corrected chi connectivity index (χ3v) is 10.4. The first kappa shape index (κ1) is 25.7.